The molecule has 2 N–H and O–H groups in total. The lowest BCUT2D eigenvalue weighted by Crippen LogP contribution is -2.11. The van der Waals surface area contributed by atoms with Crippen molar-refractivity contribution in [3.8, 4) is 0 Å². The van der Waals surface area contributed by atoms with E-state index in [4.69, 9.17) is 5.73 Å². The van der Waals surface area contributed by atoms with E-state index >= 15 is 0 Å². The van der Waals surface area contributed by atoms with Crippen LogP contribution in [0.25, 0.3) is 0 Å². The summed E-state index contributed by atoms with van der Waals surface area (Å²) >= 11 is 0. The van der Waals surface area contributed by atoms with Gasteiger partial charge in [0.2, 0.25) is 0 Å². The van der Waals surface area contributed by atoms with Crippen LogP contribution in [-0.2, 0) is 13.1 Å². The van der Waals surface area contributed by atoms with Gasteiger partial charge in [-0.05, 0) is 19.4 Å². The van der Waals surface area contributed by atoms with Crippen molar-refractivity contribution in [1.82, 2.24) is 14.8 Å². The zero-order valence-electron chi connectivity index (χ0n) is 9.64. The lowest BCUT2D eigenvalue weighted by atomic mass is 10.1. The van der Waals surface area contributed by atoms with E-state index in [-0.39, 0.29) is 0 Å². The zero-order chi connectivity index (χ0) is 11.5. The molecule has 1 heterocycles. The van der Waals surface area contributed by atoms with Gasteiger partial charge in [-0.3, -0.25) is 0 Å². The minimum atomic E-state index is 0.421. The van der Waals surface area contributed by atoms with Crippen LogP contribution in [-0.4, -0.2) is 14.8 Å². The van der Waals surface area contributed by atoms with Crippen molar-refractivity contribution in [2.75, 3.05) is 0 Å². The smallest absolute Gasteiger partial charge is 0.140 e. The molecule has 0 spiro atoms. The Labute approximate surface area is 95.1 Å². The summed E-state index contributed by atoms with van der Waals surface area (Å²) in [5.74, 6) is 0.819. The van der Waals surface area contributed by atoms with Gasteiger partial charge in [-0.1, -0.05) is 29.3 Å². The van der Waals surface area contributed by atoms with Gasteiger partial charge in [0.1, 0.15) is 12.2 Å². The summed E-state index contributed by atoms with van der Waals surface area (Å²) in [7, 11) is 0. The number of aromatic nitrogens is 3. The number of aryl methyl sites for hydroxylation is 2. The van der Waals surface area contributed by atoms with Gasteiger partial charge in [0.05, 0.1) is 13.1 Å². The highest BCUT2D eigenvalue weighted by Gasteiger charge is 2.03. The molecule has 0 aliphatic carbocycles. The molecule has 1 aromatic heterocycles. The van der Waals surface area contributed by atoms with Crippen molar-refractivity contribution in [2.24, 2.45) is 5.73 Å². The molecule has 0 radical (unpaired) electrons. The molecule has 4 nitrogen and oxygen atoms in total. The molecule has 84 valence electrons. The molecule has 0 aliphatic heterocycles. The van der Waals surface area contributed by atoms with Crippen LogP contribution in [0.3, 0.4) is 0 Å². The second kappa shape index (κ2) is 4.45. The Kier molecular flexibility index (Phi) is 3.01. The molecule has 2 aromatic rings. The number of hydrogen-bond acceptors (Lipinski definition) is 3. The average molecular weight is 216 g/mol. The molecule has 0 aliphatic rings. The van der Waals surface area contributed by atoms with Crippen LogP contribution in [0.1, 0.15) is 22.5 Å². The van der Waals surface area contributed by atoms with Gasteiger partial charge in [-0.15, -0.1) is 0 Å². The lowest BCUT2D eigenvalue weighted by Gasteiger charge is -2.07. The van der Waals surface area contributed by atoms with Crippen LogP contribution in [0, 0.1) is 13.8 Å². The predicted molar refractivity (Wildman–Crippen MR) is 62.9 cm³/mol. The van der Waals surface area contributed by atoms with Crippen LogP contribution in [0.15, 0.2) is 24.5 Å². The van der Waals surface area contributed by atoms with Crippen molar-refractivity contribution < 1.29 is 0 Å². The fourth-order valence-electron chi connectivity index (χ4n) is 1.91. The third kappa shape index (κ3) is 2.28. The van der Waals surface area contributed by atoms with Crippen molar-refractivity contribution in [3.63, 3.8) is 0 Å². The third-order valence-electron chi connectivity index (χ3n) is 2.49. The van der Waals surface area contributed by atoms with Crippen LogP contribution in [0.4, 0.5) is 0 Å². The maximum absolute atomic E-state index is 5.59. The summed E-state index contributed by atoms with van der Waals surface area (Å²) in [6, 6.07) is 6.48. The van der Waals surface area contributed by atoms with Crippen LogP contribution in [0.5, 0.6) is 0 Å². The van der Waals surface area contributed by atoms with Gasteiger partial charge < -0.3 is 5.73 Å². The van der Waals surface area contributed by atoms with Crippen molar-refractivity contribution >= 4 is 0 Å². The first-order valence-electron chi connectivity index (χ1n) is 5.33. The topological polar surface area (TPSA) is 56.7 Å². The Morgan fingerprint density at radius 2 is 1.88 bits per heavy atom. The van der Waals surface area contributed by atoms with Crippen LogP contribution < -0.4 is 5.73 Å². The van der Waals surface area contributed by atoms with E-state index in [0.29, 0.717) is 6.54 Å². The van der Waals surface area contributed by atoms with E-state index in [2.05, 4.69) is 42.1 Å². The molecule has 0 saturated heterocycles. The highest BCUT2D eigenvalue weighted by molar-refractivity contribution is 5.28. The lowest BCUT2D eigenvalue weighted by molar-refractivity contribution is 0.638. The molecular weight excluding hydrogens is 200 g/mol. The molecule has 0 bridgehead atoms. The Morgan fingerprint density at radius 3 is 2.50 bits per heavy atom. The molecule has 4 heteroatoms. The van der Waals surface area contributed by atoms with Crippen molar-refractivity contribution in [2.45, 2.75) is 26.9 Å². The number of nitrogens with two attached hydrogens (primary N) is 1. The minimum absolute atomic E-state index is 0.421. The summed E-state index contributed by atoms with van der Waals surface area (Å²) < 4.78 is 1.84. The second-order valence-electron chi connectivity index (χ2n) is 4.03. The van der Waals surface area contributed by atoms with Gasteiger partial charge in [0, 0.05) is 0 Å². The Hall–Kier alpha value is -1.68. The predicted octanol–water partition coefficient (Wildman–Crippen LogP) is 1.40. The normalized spacial score (nSPS) is 10.7. The molecule has 2 rings (SSSR count). The summed E-state index contributed by atoms with van der Waals surface area (Å²) in [6.45, 7) is 5.35. The molecule has 0 unspecified atom stereocenters. The summed E-state index contributed by atoms with van der Waals surface area (Å²) in [5.41, 5.74) is 9.36. The second-order valence-corrected chi connectivity index (χ2v) is 4.03. The molecule has 0 saturated carbocycles. The summed E-state index contributed by atoms with van der Waals surface area (Å²) in [5, 5.41) is 4.17. The first-order chi connectivity index (χ1) is 7.69. The zero-order valence-corrected chi connectivity index (χ0v) is 9.64. The first kappa shape index (κ1) is 10.8. The van der Waals surface area contributed by atoms with Crippen molar-refractivity contribution in [1.29, 1.82) is 0 Å². The fraction of sp³-hybridized carbons (Fsp3) is 0.333. The molecule has 0 fully saturated rings. The number of rotatable bonds is 3. The number of hydrogen-bond donors (Lipinski definition) is 1. The Morgan fingerprint density at radius 1 is 1.19 bits per heavy atom. The summed E-state index contributed by atoms with van der Waals surface area (Å²) in [6.07, 6.45) is 1.55. The quantitative estimate of drug-likeness (QED) is 0.843. The minimum Gasteiger partial charge on any atom is -0.324 e. The van der Waals surface area contributed by atoms with Gasteiger partial charge in [-0.2, -0.15) is 5.10 Å². The van der Waals surface area contributed by atoms with E-state index < -0.39 is 0 Å². The highest BCUT2D eigenvalue weighted by Crippen LogP contribution is 2.10. The molecule has 16 heavy (non-hydrogen) atoms. The van der Waals surface area contributed by atoms with Crippen LogP contribution in [0.2, 0.25) is 0 Å². The van der Waals surface area contributed by atoms with E-state index in [1.165, 1.54) is 16.7 Å². The third-order valence-corrected chi connectivity index (χ3v) is 2.49. The van der Waals surface area contributed by atoms with Gasteiger partial charge in [0.25, 0.3) is 0 Å². The largest absolute Gasteiger partial charge is 0.324 e. The monoisotopic (exact) mass is 216 g/mol. The maximum atomic E-state index is 5.59. The van der Waals surface area contributed by atoms with E-state index in [1.807, 2.05) is 4.68 Å². The number of nitrogens with zero attached hydrogens (tertiary/aromatic N) is 3. The molecule has 0 amide bonds. The summed E-state index contributed by atoms with van der Waals surface area (Å²) in [4.78, 5) is 4.10. The number of benzene rings is 1. The van der Waals surface area contributed by atoms with Crippen LogP contribution >= 0.6 is 0 Å². The Balaban J connectivity index is 2.26. The molecule has 0 atom stereocenters. The van der Waals surface area contributed by atoms with Gasteiger partial charge >= 0.3 is 0 Å². The van der Waals surface area contributed by atoms with Crippen molar-refractivity contribution in [3.05, 3.63) is 47.0 Å². The average Bonchev–Trinajstić information content (AvgIpc) is 2.63. The van der Waals surface area contributed by atoms with Gasteiger partial charge in [0.15, 0.2) is 0 Å². The standard InChI is InChI=1S/C12H16N4/c1-9-3-10(2)5-11(4-9)7-16-12(6-13)14-8-15-16/h3-5,8H,6-7,13H2,1-2H3. The molecule has 1 aromatic carbocycles. The fourth-order valence-corrected chi connectivity index (χ4v) is 1.91. The van der Waals surface area contributed by atoms with E-state index in [0.717, 1.165) is 12.4 Å². The van der Waals surface area contributed by atoms with Gasteiger partial charge in [-0.25, -0.2) is 9.67 Å². The highest BCUT2D eigenvalue weighted by atomic mass is 15.3. The molecular formula is C12H16N4. The van der Waals surface area contributed by atoms with E-state index in [1.54, 1.807) is 6.33 Å². The maximum Gasteiger partial charge on any atom is 0.140 e. The SMILES string of the molecule is Cc1cc(C)cc(Cn2ncnc2CN)c1. The Bertz CT molecular complexity index is 467. The van der Waals surface area contributed by atoms with E-state index in [9.17, 15) is 0 Å². The first-order valence-corrected chi connectivity index (χ1v) is 5.33.